The van der Waals surface area contributed by atoms with Crippen LogP contribution in [0.5, 0.6) is 0 Å². The number of pyridine rings is 1. The number of hydrogen-bond acceptors (Lipinski definition) is 4. The van der Waals surface area contributed by atoms with Gasteiger partial charge in [0, 0.05) is 18.8 Å². The fourth-order valence-corrected chi connectivity index (χ4v) is 3.61. The maximum Gasteiger partial charge on any atom is 0.274 e. The zero-order valence-corrected chi connectivity index (χ0v) is 11.9. The fourth-order valence-electron chi connectivity index (χ4n) is 3.44. The number of anilines is 1. The molecule has 1 N–H and O–H groups in total. The predicted molar refractivity (Wildman–Crippen MR) is 78.7 cm³/mol. The highest BCUT2D eigenvalue weighted by atomic mass is 32.1. The van der Waals surface area contributed by atoms with Gasteiger partial charge in [-0.3, -0.25) is 4.79 Å². The van der Waals surface area contributed by atoms with E-state index in [0.29, 0.717) is 11.7 Å². The lowest BCUT2D eigenvalue weighted by atomic mass is 9.80. The minimum Gasteiger partial charge on any atom is -0.375 e. The Kier molecular flexibility index (Phi) is 3.58. The molecular weight excluding hydrogens is 260 g/mol. The molecule has 2 heterocycles. The third kappa shape index (κ3) is 2.41. The van der Waals surface area contributed by atoms with Gasteiger partial charge in [-0.1, -0.05) is 12.8 Å². The summed E-state index contributed by atoms with van der Waals surface area (Å²) in [6, 6.07) is 3.95. The molecule has 0 radical (unpaired) electrons. The number of ether oxygens (including phenoxy) is 1. The van der Waals surface area contributed by atoms with Crippen LogP contribution >= 0.6 is 12.8 Å². The molecule has 104 valence electrons. The van der Waals surface area contributed by atoms with Gasteiger partial charge in [0.15, 0.2) is 0 Å². The smallest absolute Gasteiger partial charge is 0.274 e. The van der Waals surface area contributed by atoms with Crippen molar-refractivity contribution in [2.75, 3.05) is 11.3 Å². The standard InChI is InChI=1S/C14H20N2O2S/c17-13-12(15-19)3-1-9-16(13)11-4-7-14(8-5-11)6-2-10-18-14/h1,3,9,11,15,19H,2,4-8,10H2/t11-,14+. The van der Waals surface area contributed by atoms with E-state index in [4.69, 9.17) is 4.74 Å². The van der Waals surface area contributed by atoms with Gasteiger partial charge in [-0.05, 0) is 50.7 Å². The van der Waals surface area contributed by atoms with E-state index in [2.05, 4.69) is 17.5 Å². The number of hydrogen-bond donors (Lipinski definition) is 2. The number of rotatable bonds is 2. The lowest BCUT2D eigenvalue weighted by Crippen LogP contribution is -2.36. The van der Waals surface area contributed by atoms with Crippen molar-refractivity contribution in [2.45, 2.75) is 50.2 Å². The highest BCUT2D eigenvalue weighted by Crippen LogP contribution is 2.42. The van der Waals surface area contributed by atoms with Crippen LogP contribution < -0.4 is 10.3 Å². The Bertz CT molecular complexity index is 498. The minimum atomic E-state index is 0.0193. The molecule has 19 heavy (non-hydrogen) atoms. The molecule has 0 bridgehead atoms. The van der Waals surface area contributed by atoms with Gasteiger partial charge in [-0.25, -0.2) is 0 Å². The maximum atomic E-state index is 12.2. The SMILES string of the molecule is O=c1c(NS)cccn1[C@H]1CC[C@]2(CCCO2)CC1. The van der Waals surface area contributed by atoms with Crippen molar-refractivity contribution in [1.82, 2.24) is 4.57 Å². The van der Waals surface area contributed by atoms with Crippen molar-refractivity contribution in [3.05, 3.63) is 28.7 Å². The fraction of sp³-hybridized carbons (Fsp3) is 0.643. The Hall–Kier alpha value is -0.940. The highest BCUT2D eigenvalue weighted by molar-refractivity contribution is 7.81. The van der Waals surface area contributed by atoms with Gasteiger partial charge in [0.2, 0.25) is 0 Å². The highest BCUT2D eigenvalue weighted by Gasteiger charge is 2.39. The van der Waals surface area contributed by atoms with E-state index < -0.39 is 0 Å². The van der Waals surface area contributed by atoms with Gasteiger partial charge in [0.05, 0.1) is 5.60 Å². The summed E-state index contributed by atoms with van der Waals surface area (Å²) in [7, 11) is 0. The van der Waals surface area contributed by atoms with Crippen LogP contribution in [0.15, 0.2) is 23.1 Å². The molecule has 5 heteroatoms. The van der Waals surface area contributed by atoms with Gasteiger partial charge in [0.25, 0.3) is 5.56 Å². The van der Waals surface area contributed by atoms with Crippen LogP contribution in [-0.4, -0.2) is 16.8 Å². The van der Waals surface area contributed by atoms with E-state index in [-0.39, 0.29) is 11.2 Å². The minimum absolute atomic E-state index is 0.0193. The molecule has 4 nitrogen and oxygen atoms in total. The first-order valence-electron chi connectivity index (χ1n) is 6.99. The van der Waals surface area contributed by atoms with Crippen molar-refractivity contribution in [3.63, 3.8) is 0 Å². The Morgan fingerprint density at radius 2 is 2.16 bits per heavy atom. The molecule has 1 aromatic rings. The predicted octanol–water partition coefficient (Wildman–Crippen LogP) is 2.77. The average Bonchev–Trinajstić information content (AvgIpc) is 2.89. The third-order valence-electron chi connectivity index (χ3n) is 4.54. The molecule has 1 spiro atoms. The lowest BCUT2D eigenvalue weighted by molar-refractivity contribution is -0.0334. The second-order valence-corrected chi connectivity index (χ2v) is 5.84. The van der Waals surface area contributed by atoms with E-state index in [1.54, 1.807) is 6.07 Å². The summed E-state index contributed by atoms with van der Waals surface area (Å²) in [4.78, 5) is 12.2. The number of nitrogens with zero attached hydrogens (tertiary/aromatic N) is 1. The molecule has 0 unspecified atom stereocenters. The van der Waals surface area contributed by atoms with Crippen LogP contribution in [0.2, 0.25) is 0 Å². The normalized spacial score (nSPS) is 30.7. The lowest BCUT2D eigenvalue weighted by Gasteiger charge is -2.37. The molecule has 3 rings (SSSR count). The summed E-state index contributed by atoms with van der Waals surface area (Å²) in [6.07, 6.45) is 8.45. The molecule has 1 saturated heterocycles. The molecule has 0 atom stereocenters. The van der Waals surface area contributed by atoms with E-state index in [1.807, 2.05) is 16.8 Å². The first-order chi connectivity index (χ1) is 9.24. The molecule has 2 fully saturated rings. The zero-order chi connectivity index (χ0) is 13.3. The van der Waals surface area contributed by atoms with E-state index in [1.165, 1.54) is 12.8 Å². The van der Waals surface area contributed by atoms with Crippen molar-refractivity contribution in [2.24, 2.45) is 0 Å². The molecule has 1 saturated carbocycles. The summed E-state index contributed by atoms with van der Waals surface area (Å²) < 4.78 is 10.4. The molecule has 0 aromatic carbocycles. The van der Waals surface area contributed by atoms with Gasteiger partial charge in [0.1, 0.15) is 5.69 Å². The van der Waals surface area contributed by atoms with Crippen molar-refractivity contribution < 1.29 is 4.74 Å². The van der Waals surface area contributed by atoms with Crippen molar-refractivity contribution in [1.29, 1.82) is 0 Å². The third-order valence-corrected chi connectivity index (χ3v) is 4.78. The van der Waals surface area contributed by atoms with Crippen molar-refractivity contribution in [3.8, 4) is 0 Å². The molecule has 1 aliphatic heterocycles. The Morgan fingerprint density at radius 1 is 1.37 bits per heavy atom. The molecule has 2 aliphatic rings. The van der Waals surface area contributed by atoms with Gasteiger partial charge >= 0.3 is 0 Å². The summed E-state index contributed by atoms with van der Waals surface area (Å²) in [5.74, 6) is 0. The van der Waals surface area contributed by atoms with Crippen LogP contribution in [-0.2, 0) is 4.74 Å². The summed E-state index contributed by atoms with van der Waals surface area (Å²) >= 11 is 3.97. The average molecular weight is 280 g/mol. The summed E-state index contributed by atoms with van der Waals surface area (Å²) in [6.45, 7) is 0.906. The topological polar surface area (TPSA) is 43.3 Å². The van der Waals surface area contributed by atoms with Gasteiger partial charge in [-0.15, -0.1) is 0 Å². The quantitative estimate of drug-likeness (QED) is 0.819. The van der Waals surface area contributed by atoms with Gasteiger partial charge in [-0.2, -0.15) is 0 Å². The number of aromatic nitrogens is 1. The summed E-state index contributed by atoms with van der Waals surface area (Å²) in [5, 5.41) is 0. The van der Waals surface area contributed by atoms with Crippen LogP contribution in [0.4, 0.5) is 5.69 Å². The van der Waals surface area contributed by atoms with E-state index in [9.17, 15) is 4.79 Å². The summed E-state index contributed by atoms with van der Waals surface area (Å²) in [5.41, 5.74) is 0.688. The Balaban J connectivity index is 1.76. The van der Waals surface area contributed by atoms with Crippen LogP contribution in [0, 0.1) is 0 Å². The molecular formula is C14H20N2O2S. The molecule has 1 aliphatic carbocycles. The monoisotopic (exact) mass is 280 g/mol. The first kappa shape index (κ1) is 13.1. The van der Waals surface area contributed by atoms with Crippen molar-refractivity contribution >= 4 is 18.5 Å². The Labute approximate surface area is 118 Å². The van der Waals surface area contributed by atoms with Crippen LogP contribution in [0.25, 0.3) is 0 Å². The maximum absolute atomic E-state index is 12.2. The zero-order valence-electron chi connectivity index (χ0n) is 11.0. The van der Waals surface area contributed by atoms with Crippen LogP contribution in [0.3, 0.4) is 0 Å². The molecule has 0 amide bonds. The number of thiol groups is 1. The van der Waals surface area contributed by atoms with E-state index in [0.717, 1.165) is 32.3 Å². The first-order valence-corrected chi connectivity index (χ1v) is 7.44. The molecule has 1 aromatic heterocycles. The Morgan fingerprint density at radius 3 is 2.79 bits per heavy atom. The van der Waals surface area contributed by atoms with E-state index >= 15 is 0 Å². The van der Waals surface area contributed by atoms with Gasteiger partial charge < -0.3 is 14.0 Å². The second kappa shape index (κ2) is 5.21. The number of nitrogens with one attached hydrogen (secondary N) is 1. The second-order valence-electron chi connectivity index (χ2n) is 5.61. The largest absolute Gasteiger partial charge is 0.375 e. The van der Waals surface area contributed by atoms with Crippen LogP contribution in [0.1, 0.15) is 44.6 Å².